The summed E-state index contributed by atoms with van der Waals surface area (Å²) in [4.78, 5) is 30.3. The Labute approximate surface area is 187 Å². The van der Waals surface area contributed by atoms with Crippen LogP contribution >= 0.6 is 0 Å². The highest BCUT2D eigenvalue weighted by molar-refractivity contribution is 5.84. The number of hydrogen-bond acceptors (Lipinski definition) is 5. The Hall–Kier alpha value is -3.49. The molecule has 170 valence electrons. The summed E-state index contributed by atoms with van der Waals surface area (Å²) < 4.78 is 13.1. The molecular formula is C23H29FN6O2. The maximum Gasteiger partial charge on any atom is 0.318 e. The summed E-state index contributed by atoms with van der Waals surface area (Å²) in [6, 6.07) is 9.62. The topological polar surface area (TPSA) is 81.7 Å². The standard InChI is InChI=1S/C23H29FN6O2/c1-3-12-30(23(32)25-4-2)17-22(31)29-14-5-13-28(15-16-29)21-11-10-20(26-27-21)18-6-8-19(24)9-7-18/h3,6-11H,1,4-5,12-17H2,2H3,(H,25,32). The summed E-state index contributed by atoms with van der Waals surface area (Å²) in [7, 11) is 0. The summed E-state index contributed by atoms with van der Waals surface area (Å²) in [6.07, 6.45) is 2.40. The summed E-state index contributed by atoms with van der Waals surface area (Å²) in [5.41, 5.74) is 1.47. The molecule has 9 heteroatoms. The van der Waals surface area contributed by atoms with Gasteiger partial charge in [0.25, 0.3) is 0 Å². The molecule has 1 N–H and O–H groups in total. The van der Waals surface area contributed by atoms with Crippen molar-refractivity contribution in [1.29, 1.82) is 0 Å². The molecule has 1 aromatic heterocycles. The summed E-state index contributed by atoms with van der Waals surface area (Å²) in [5.74, 6) is 0.360. The van der Waals surface area contributed by atoms with Crippen molar-refractivity contribution < 1.29 is 14.0 Å². The fraction of sp³-hybridized carbons (Fsp3) is 0.391. The van der Waals surface area contributed by atoms with E-state index in [4.69, 9.17) is 0 Å². The number of aromatic nitrogens is 2. The van der Waals surface area contributed by atoms with Crippen LogP contribution in [0.1, 0.15) is 13.3 Å². The number of hydrogen-bond donors (Lipinski definition) is 1. The Morgan fingerprint density at radius 2 is 1.91 bits per heavy atom. The molecule has 0 radical (unpaired) electrons. The molecule has 0 aliphatic carbocycles. The molecule has 1 fully saturated rings. The minimum atomic E-state index is -0.291. The normalized spacial score (nSPS) is 13.9. The molecule has 2 aromatic rings. The predicted molar refractivity (Wildman–Crippen MR) is 122 cm³/mol. The van der Waals surface area contributed by atoms with E-state index < -0.39 is 0 Å². The van der Waals surface area contributed by atoms with Crippen molar-refractivity contribution in [3.8, 4) is 11.3 Å². The number of anilines is 1. The van der Waals surface area contributed by atoms with Crippen LogP contribution in [0.5, 0.6) is 0 Å². The van der Waals surface area contributed by atoms with Crippen LogP contribution in [0.15, 0.2) is 49.1 Å². The zero-order valence-electron chi connectivity index (χ0n) is 18.3. The van der Waals surface area contributed by atoms with Crippen LogP contribution in [0.25, 0.3) is 11.3 Å². The number of urea groups is 1. The van der Waals surface area contributed by atoms with Crippen LogP contribution in [-0.2, 0) is 4.79 Å². The predicted octanol–water partition coefficient (Wildman–Crippen LogP) is 2.54. The van der Waals surface area contributed by atoms with Gasteiger partial charge in [-0.15, -0.1) is 16.8 Å². The number of amides is 3. The summed E-state index contributed by atoms with van der Waals surface area (Å²) in [6.45, 7) is 8.87. The van der Waals surface area contributed by atoms with Crippen molar-refractivity contribution in [2.24, 2.45) is 0 Å². The van der Waals surface area contributed by atoms with Gasteiger partial charge in [0.2, 0.25) is 5.91 Å². The van der Waals surface area contributed by atoms with Crippen molar-refractivity contribution >= 4 is 17.8 Å². The van der Waals surface area contributed by atoms with Gasteiger partial charge >= 0.3 is 6.03 Å². The van der Waals surface area contributed by atoms with Gasteiger partial charge in [-0.25, -0.2) is 9.18 Å². The van der Waals surface area contributed by atoms with Crippen molar-refractivity contribution in [2.75, 3.05) is 50.7 Å². The smallest absolute Gasteiger partial charge is 0.318 e. The van der Waals surface area contributed by atoms with E-state index in [1.165, 1.54) is 17.0 Å². The van der Waals surface area contributed by atoms with E-state index >= 15 is 0 Å². The van der Waals surface area contributed by atoms with E-state index in [0.29, 0.717) is 38.4 Å². The number of carbonyl (C=O) groups is 2. The van der Waals surface area contributed by atoms with Gasteiger partial charge in [-0.2, -0.15) is 0 Å². The Bertz CT molecular complexity index is 919. The molecule has 3 amide bonds. The molecule has 0 unspecified atom stereocenters. The third-order valence-corrected chi connectivity index (χ3v) is 5.25. The minimum Gasteiger partial charge on any atom is -0.353 e. The number of benzene rings is 1. The Morgan fingerprint density at radius 3 is 2.56 bits per heavy atom. The van der Waals surface area contributed by atoms with E-state index in [2.05, 4.69) is 27.0 Å². The van der Waals surface area contributed by atoms with Gasteiger partial charge in [0.1, 0.15) is 12.4 Å². The molecule has 0 saturated carbocycles. The maximum absolute atomic E-state index is 13.1. The molecule has 1 aliphatic rings. The fourth-order valence-electron chi connectivity index (χ4n) is 3.57. The maximum atomic E-state index is 13.1. The first-order chi connectivity index (χ1) is 15.5. The second-order valence-electron chi connectivity index (χ2n) is 7.51. The number of rotatable bonds is 7. The van der Waals surface area contributed by atoms with Crippen molar-refractivity contribution in [2.45, 2.75) is 13.3 Å². The lowest BCUT2D eigenvalue weighted by molar-refractivity contribution is -0.131. The van der Waals surface area contributed by atoms with Crippen molar-refractivity contribution in [1.82, 2.24) is 25.3 Å². The lowest BCUT2D eigenvalue weighted by Gasteiger charge is -2.26. The lowest BCUT2D eigenvalue weighted by atomic mass is 10.1. The second kappa shape index (κ2) is 11.2. The highest BCUT2D eigenvalue weighted by atomic mass is 19.1. The zero-order chi connectivity index (χ0) is 22.9. The molecule has 0 spiro atoms. The van der Waals surface area contributed by atoms with Crippen LogP contribution in [0, 0.1) is 5.82 Å². The van der Waals surface area contributed by atoms with E-state index in [-0.39, 0.29) is 24.3 Å². The average Bonchev–Trinajstić information content (AvgIpc) is 3.06. The summed E-state index contributed by atoms with van der Waals surface area (Å²) in [5, 5.41) is 11.3. The van der Waals surface area contributed by atoms with Crippen molar-refractivity contribution in [3.05, 3.63) is 54.9 Å². The number of nitrogens with zero attached hydrogens (tertiary/aromatic N) is 5. The SMILES string of the molecule is C=CCN(CC(=O)N1CCCN(c2ccc(-c3ccc(F)cc3)nn2)CC1)C(=O)NCC. The van der Waals surface area contributed by atoms with Gasteiger partial charge in [0.15, 0.2) is 5.82 Å². The molecule has 2 heterocycles. The Morgan fingerprint density at radius 1 is 1.12 bits per heavy atom. The zero-order valence-corrected chi connectivity index (χ0v) is 18.3. The second-order valence-corrected chi connectivity index (χ2v) is 7.51. The third kappa shape index (κ3) is 6.03. The molecule has 0 atom stereocenters. The van der Waals surface area contributed by atoms with Gasteiger partial charge in [-0.3, -0.25) is 4.79 Å². The highest BCUT2D eigenvalue weighted by Crippen LogP contribution is 2.20. The Balaban J connectivity index is 1.59. The molecule has 32 heavy (non-hydrogen) atoms. The number of nitrogens with one attached hydrogen (secondary N) is 1. The number of carbonyl (C=O) groups excluding carboxylic acids is 2. The van der Waals surface area contributed by atoms with Gasteiger partial charge in [-0.1, -0.05) is 6.08 Å². The van der Waals surface area contributed by atoms with E-state index in [0.717, 1.165) is 24.3 Å². The number of halogens is 1. The molecule has 0 bridgehead atoms. The van der Waals surface area contributed by atoms with E-state index in [1.807, 2.05) is 19.1 Å². The van der Waals surface area contributed by atoms with Crippen LogP contribution in [0.3, 0.4) is 0 Å². The van der Waals surface area contributed by atoms with E-state index in [1.54, 1.807) is 23.1 Å². The third-order valence-electron chi connectivity index (χ3n) is 5.25. The highest BCUT2D eigenvalue weighted by Gasteiger charge is 2.23. The monoisotopic (exact) mass is 440 g/mol. The lowest BCUT2D eigenvalue weighted by Crippen LogP contribution is -2.47. The minimum absolute atomic E-state index is 0.0179. The first-order valence-corrected chi connectivity index (χ1v) is 10.8. The average molecular weight is 441 g/mol. The van der Waals surface area contributed by atoms with Crippen LogP contribution in [0.2, 0.25) is 0 Å². The van der Waals surface area contributed by atoms with Crippen LogP contribution in [-0.4, -0.2) is 77.7 Å². The molecular weight excluding hydrogens is 411 g/mol. The van der Waals surface area contributed by atoms with Gasteiger partial charge in [-0.05, 0) is 49.7 Å². The molecule has 1 aromatic carbocycles. The largest absolute Gasteiger partial charge is 0.353 e. The van der Waals surface area contributed by atoms with Crippen molar-refractivity contribution in [3.63, 3.8) is 0 Å². The quantitative estimate of drug-likeness (QED) is 0.669. The summed E-state index contributed by atoms with van der Waals surface area (Å²) >= 11 is 0. The molecule has 3 rings (SSSR count). The molecule has 1 saturated heterocycles. The fourth-order valence-corrected chi connectivity index (χ4v) is 3.57. The van der Waals surface area contributed by atoms with E-state index in [9.17, 15) is 14.0 Å². The first kappa shape index (κ1) is 23.2. The molecule has 8 nitrogen and oxygen atoms in total. The van der Waals surface area contributed by atoms with Gasteiger partial charge < -0.3 is 20.0 Å². The van der Waals surface area contributed by atoms with Gasteiger partial charge in [0.05, 0.1) is 5.69 Å². The van der Waals surface area contributed by atoms with Gasteiger partial charge in [0, 0.05) is 44.8 Å². The first-order valence-electron chi connectivity index (χ1n) is 10.8. The van der Waals surface area contributed by atoms with Crippen LogP contribution in [0.4, 0.5) is 15.0 Å². The van der Waals surface area contributed by atoms with Crippen LogP contribution < -0.4 is 10.2 Å². The Kier molecular flexibility index (Phi) is 8.13. The molecule has 1 aliphatic heterocycles.